The van der Waals surface area contributed by atoms with Crippen LogP contribution < -0.4 is 10.1 Å². The third-order valence-electron chi connectivity index (χ3n) is 4.54. The van der Waals surface area contributed by atoms with Crippen molar-refractivity contribution < 1.29 is 14.5 Å². The van der Waals surface area contributed by atoms with E-state index in [4.69, 9.17) is 4.74 Å². The van der Waals surface area contributed by atoms with Crippen LogP contribution in [0.4, 0.5) is 11.4 Å². The minimum Gasteiger partial charge on any atom is -0.488 e. The molecule has 0 radical (unpaired) electrons. The Hall–Kier alpha value is -3.96. The molecule has 0 saturated heterocycles. The van der Waals surface area contributed by atoms with Gasteiger partial charge < -0.3 is 10.1 Å². The van der Waals surface area contributed by atoms with E-state index in [0.717, 1.165) is 10.0 Å². The number of nitro benzene ring substituents is 1. The third-order valence-corrected chi connectivity index (χ3v) is 5.04. The highest BCUT2D eigenvalue weighted by Crippen LogP contribution is 2.27. The first-order valence-electron chi connectivity index (χ1n) is 9.52. The first kappa shape index (κ1) is 22.7. The number of ether oxygens (including phenoxy) is 1. The number of carbonyl (C=O) groups excluding carboxylic acids is 1. The Morgan fingerprint density at radius 2 is 1.94 bits per heavy atom. The van der Waals surface area contributed by atoms with Crippen molar-refractivity contribution in [2.75, 3.05) is 5.32 Å². The summed E-state index contributed by atoms with van der Waals surface area (Å²) < 4.78 is 6.67. The normalized spacial score (nSPS) is 10.8. The third kappa shape index (κ3) is 5.80. The number of rotatable bonds is 7. The number of anilines is 1. The first-order valence-corrected chi connectivity index (χ1v) is 10.3. The van der Waals surface area contributed by atoms with Gasteiger partial charge >= 0.3 is 0 Å². The smallest absolute Gasteiger partial charge is 0.269 e. The SMILES string of the molecule is Cc1cc([N+](=O)[O-])ccc1NC(=O)C(C#N)=Cc1cc(Br)ccc1OCc1ccccc1. The standard InChI is InChI=1S/C24H18BrN3O4/c1-16-11-21(28(30)31)8-9-22(16)27-24(29)19(14-26)12-18-13-20(25)7-10-23(18)32-15-17-5-3-2-4-6-17/h2-13H,15H2,1H3,(H,27,29). The molecular weight excluding hydrogens is 474 g/mol. The number of amides is 1. The molecule has 1 amide bonds. The Labute approximate surface area is 193 Å². The molecule has 8 heteroatoms. The molecule has 160 valence electrons. The van der Waals surface area contributed by atoms with Crippen molar-refractivity contribution in [1.82, 2.24) is 0 Å². The van der Waals surface area contributed by atoms with E-state index >= 15 is 0 Å². The van der Waals surface area contributed by atoms with Gasteiger partial charge in [0.15, 0.2) is 0 Å². The van der Waals surface area contributed by atoms with Crippen LogP contribution in [0, 0.1) is 28.4 Å². The van der Waals surface area contributed by atoms with Crippen LogP contribution >= 0.6 is 15.9 Å². The molecule has 1 N–H and O–H groups in total. The van der Waals surface area contributed by atoms with Gasteiger partial charge in [0.1, 0.15) is 24.0 Å². The summed E-state index contributed by atoms with van der Waals surface area (Å²) in [5.41, 5.74) is 2.23. The van der Waals surface area contributed by atoms with Crippen LogP contribution in [0.1, 0.15) is 16.7 Å². The van der Waals surface area contributed by atoms with Crippen molar-refractivity contribution in [1.29, 1.82) is 5.26 Å². The molecule has 7 nitrogen and oxygen atoms in total. The molecule has 0 spiro atoms. The fraction of sp³-hybridized carbons (Fsp3) is 0.0833. The average Bonchev–Trinajstić information content (AvgIpc) is 2.78. The van der Waals surface area contributed by atoms with Crippen molar-refractivity contribution in [3.05, 3.63) is 104 Å². The molecule has 0 atom stereocenters. The number of nitro groups is 1. The predicted molar refractivity (Wildman–Crippen MR) is 125 cm³/mol. The number of halogens is 1. The molecule has 0 bridgehead atoms. The molecule has 0 heterocycles. The van der Waals surface area contributed by atoms with Gasteiger partial charge in [0.2, 0.25) is 0 Å². The van der Waals surface area contributed by atoms with Gasteiger partial charge in [-0.25, -0.2) is 0 Å². The zero-order chi connectivity index (χ0) is 23.1. The number of hydrogen-bond acceptors (Lipinski definition) is 5. The number of carbonyl (C=O) groups is 1. The van der Waals surface area contributed by atoms with Crippen LogP contribution in [0.25, 0.3) is 6.08 Å². The van der Waals surface area contributed by atoms with Gasteiger partial charge in [0.05, 0.1) is 4.92 Å². The molecule has 0 unspecified atom stereocenters. The van der Waals surface area contributed by atoms with E-state index in [-0.39, 0.29) is 11.3 Å². The predicted octanol–water partition coefficient (Wildman–Crippen LogP) is 5.79. The number of benzene rings is 3. The molecule has 3 rings (SSSR count). The van der Waals surface area contributed by atoms with Crippen LogP contribution in [0.2, 0.25) is 0 Å². The van der Waals surface area contributed by atoms with E-state index in [1.54, 1.807) is 19.1 Å². The van der Waals surface area contributed by atoms with E-state index in [0.29, 0.717) is 29.2 Å². The van der Waals surface area contributed by atoms with Crippen LogP contribution in [0.5, 0.6) is 5.75 Å². The van der Waals surface area contributed by atoms with Crippen molar-refractivity contribution >= 4 is 39.3 Å². The lowest BCUT2D eigenvalue weighted by Gasteiger charge is -2.11. The van der Waals surface area contributed by atoms with Gasteiger partial charge in [0.25, 0.3) is 11.6 Å². The van der Waals surface area contributed by atoms with E-state index in [1.165, 1.54) is 24.3 Å². The second-order valence-corrected chi connectivity index (χ2v) is 7.75. The van der Waals surface area contributed by atoms with Crippen molar-refractivity contribution in [2.45, 2.75) is 13.5 Å². The van der Waals surface area contributed by atoms with E-state index in [1.807, 2.05) is 42.5 Å². The molecule has 3 aromatic rings. The minimum absolute atomic E-state index is 0.0779. The number of nitrogens with one attached hydrogen (secondary N) is 1. The van der Waals surface area contributed by atoms with Gasteiger partial charge in [0, 0.05) is 27.9 Å². The van der Waals surface area contributed by atoms with Gasteiger partial charge in [-0.2, -0.15) is 5.26 Å². The summed E-state index contributed by atoms with van der Waals surface area (Å²) in [6.45, 7) is 1.97. The molecule has 0 fully saturated rings. The van der Waals surface area contributed by atoms with Crippen molar-refractivity contribution in [3.8, 4) is 11.8 Å². The maximum Gasteiger partial charge on any atom is 0.269 e. The minimum atomic E-state index is -0.626. The van der Waals surface area contributed by atoms with Crippen LogP contribution in [0.15, 0.2) is 76.8 Å². The van der Waals surface area contributed by atoms with Crippen LogP contribution in [-0.2, 0) is 11.4 Å². The maximum atomic E-state index is 12.7. The monoisotopic (exact) mass is 491 g/mol. The number of aryl methyl sites for hydroxylation is 1. The molecule has 32 heavy (non-hydrogen) atoms. The molecule has 3 aromatic carbocycles. The lowest BCUT2D eigenvalue weighted by Crippen LogP contribution is -2.14. The average molecular weight is 492 g/mol. The van der Waals surface area contributed by atoms with Crippen LogP contribution in [-0.4, -0.2) is 10.8 Å². The quantitative estimate of drug-likeness (QED) is 0.195. The Bertz CT molecular complexity index is 1230. The van der Waals surface area contributed by atoms with Gasteiger partial charge in [-0.3, -0.25) is 14.9 Å². The fourth-order valence-electron chi connectivity index (χ4n) is 2.89. The molecule has 0 aliphatic heterocycles. The molecule has 0 aliphatic rings. The topological polar surface area (TPSA) is 105 Å². The maximum absolute atomic E-state index is 12.7. The fourth-order valence-corrected chi connectivity index (χ4v) is 3.27. The zero-order valence-electron chi connectivity index (χ0n) is 17.0. The summed E-state index contributed by atoms with van der Waals surface area (Å²) in [5, 5.41) is 23.1. The second kappa shape index (κ2) is 10.4. The summed E-state index contributed by atoms with van der Waals surface area (Å²) in [6.07, 6.45) is 1.45. The summed E-state index contributed by atoms with van der Waals surface area (Å²) in [4.78, 5) is 23.1. The highest BCUT2D eigenvalue weighted by Gasteiger charge is 2.15. The lowest BCUT2D eigenvalue weighted by molar-refractivity contribution is -0.384. The molecule has 0 aromatic heterocycles. The Kier molecular flexibility index (Phi) is 7.37. The van der Waals surface area contributed by atoms with Crippen molar-refractivity contribution in [3.63, 3.8) is 0 Å². The summed E-state index contributed by atoms with van der Waals surface area (Å²) in [5.74, 6) is -0.109. The highest BCUT2D eigenvalue weighted by atomic mass is 79.9. The summed E-state index contributed by atoms with van der Waals surface area (Å²) in [6, 6.07) is 20.9. The van der Waals surface area contributed by atoms with E-state index in [9.17, 15) is 20.2 Å². The number of nitriles is 1. The number of hydrogen-bond donors (Lipinski definition) is 1. The Morgan fingerprint density at radius 3 is 2.59 bits per heavy atom. The first-order chi connectivity index (χ1) is 15.4. The second-order valence-electron chi connectivity index (χ2n) is 6.84. The van der Waals surface area contributed by atoms with Gasteiger partial charge in [-0.15, -0.1) is 0 Å². The van der Waals surface area contributed by atoms with Gasteiger partial charge in [-0.05, 0) is 48.4 Å². The highest BCUT2D eigenvalue weighted by molar-refractivity contribution is 9.10. The Balaban J connectivity index is 1.83. The number of nitrogens with zero attached hydrogens (tertiary/aromatic N) is 2. The summed E-state index contributed by atoms with van der Waals surface area (Å²) >= 11 is 3.40. The summed E-state index contributed by atoms with van der Waals surface area (Å²) in [7, 11) is 0. The van der Waals surface area contributed by atoms with Crippen molar-refractivity contribution in [2.24, 2.45) is 0 Å². The zero-order valence-corrected chi connectivity index (χ0v) is 18.6. The van der Waals surface area contributed by atoms with E-state index < -0.39 is 10.8 Å². The largest absolute Gasteiger partial charge is 0.488 e. The number of non-ortho nitro benzene ring substituents is 1. The Morgan fingerprint density at radius 1 is 1.19 bits per heavy atom. The van der Waals surface area contributed by atoms with Gasteiger partial charge in [-0.1, -0.05) is 46.3 Å². The lowest BCUT2D eigenvalue weighted by atomic mass is 10.1. The van der Waals surface area contributed by atoms with E-state index in [2.05, 4.69) is 21.2 Å². The molecular formula is C24H18BrN3O4. The van der Waals surface area contributed by atoms with Crippen LogP contribution in [0.3, 0.4) is 0 Å². The molecule has 0 aliphatic carbocycles. The molecule has 0 saturated carbocycles.